The van der Waals surface area contributed by atoms with Gasteiger partial charge in [-0.05, 0) is 28.9 Å². The molecule has 2 bridgehead atoms. The summed E-state index contributed by atoms with van der Waals surface area (Å²) in [5.41, 5.74) is 7.72. The van der Waals surface area contributed by atoms with Gasteiger partial charge in [0.1, 0.15) is 0 Å². The molecule has 2 aliphatic heterocycles. The topological polar surface area (TPSA) is 29.3 Å². The van der Waals surface area contributed by atoms with Gasteiger partial charge in [-0.15, -0.1) is 0 Å². The van der Waals surface area contributed by atoms with Crippen LogP contribution >= 0.6 is 11.8 Å². The van der Waals surface area contributed by atoms with Crippen LogP contribution in [0.1, 0.15) is 5.56 Å². The Balaban J connectivity index is 1.66. The average molecular weight is 248 g/mol. The smallest absolute Gasteiger partial charge is 0.0234 e. The molecule has 0 amide bonds. The van der Waals surface area contributed by atoms with Crippen LogP contribution in [-0.4, -0.2) is 35.5 Å². The Morgan fingerprint density at radius 1 is 1.12 bits per heavy atom. The van der Waals surface area contributed by atoms with Crippen LogP contribution in [0.2, 0.25) is 0 Å². The minimum absolute atomic E-state index is 0.447. The summed E-state index contributed by atoms with van der Waals surface area (Å²) >= 11 is 2.09. The van der Waals surface area contributed by atoms with Gasteiger partial charge in [0.2, 0.25) is 0 Å². The van der Waals surface area contributed by atoms with E-state index in [0.29, 0.717) is 17.9 Å². The number of nitrogens with two attached hydrogens (primary N) is 1. The van der Waals surface area contributed by atoms with Crippen LogP contribution < -0.4 is 5.73 Å². The van der Waals surface area contributed by atoms with Crippen LogP contribution in [0.25, 0.3) is 0 Å². The Hall–Kier alpha value is -0.510. The summed E-state index contributed by atoms with van der Waals surface area (Å²) in [6.45, 7) is 3.45. The van der Waals surface area contributed by atoms with Gasteiger partial charge in [-0.2, -0.15) is 11.8 Å². The lowest BCUT2D eigenvalue weighted by Gasteiger charge is -2.45. The number of hydrogen-bond acceptors (Lipinski definition) is 3. The van der Waals surface area contributed by atoms with E-state index in [4.69, 9.17) is 5.73 Å². The molecule has 0 spiro atoms. The average Bonchev–Trinajstić information content (AvgIpc) is 2.32. The zero-order valence-electron chi connectivity index (χ0n) is 10.1. The molecule has 3 rings (SSSR count). The Bertz CT molecular complexity index is 354. The first-order chi connectivity index (χ1) is 8.33. The standard InChI is InChI=1S/C14H20N2S/c15-14-12-7-16(8-13(14)10-17-9-12)6-11-4-2-1-3-5-11/h1-5,12-14H,6-10,15H2/t12-,13+,14?. The fraction of sp³-hybridized carbons (Fsp3) is 0.571. The predicted molar refractivity (Wildman–Crippen MR) is 74.0 cm³/mol. The maximum atomic E-state index is 6.30. The zero-order chi connectivity index (χ0) is 11.7. The highest BCUT2D eigenvalue weighted by atomic mass is 32.2. The maximum absolute atomic E-state index is 6.30. The molecule has 2 saturated heterocycles. The fourth-order valence-electron chi connectivity index (χ4n) is 3.04. The van der Waals surface area contributed by atoms with Crippen molar-refractivity contribution in [2.24, 2.45) is 17.6 Å². The normalized spacial score (nSPS) is 33.6. The van der Waals surface area contributed by atoms with Crippen molar-refractivity contribution >= 4 is 11.8 Å². The third-order valence-electron chi connectivity index (χ3n) is 3.99. The summed E-state index contributed by atoms with van der Waals surface area (Å²) in [5, 5.41) is 0. The number of benzene rings is 1. The third kappa shape index (κ3) is 2.51. The summed E-state index contributed by atoms with van der Waals surface area (Å²) in [6.07, 6.45) is 0. The molecule has 1 aromatic rings. The van der Waals surface area contributed by atoms with Crippen LogP contribution in [0.3, 0.4) is 0 Å². The number of thioether (sulfide) groups is 1. The minimum Gasteiger partial charge on any atom is -0.327 e. The Kier molecular flexibility index (Phi) is 3.41. The first-order valence-electron chi connectivity index (χ1n) is 6.42. The summed E-state index contributed by atoms with van der Waals surface area (Å²) in [4.78, 5) is 2.59. The second-order valence-corrected chi connectivity index (χ2v) is 6.39. The zero-order valence-corrected chi connectivity index (χ0v) is 10.9. The molecule has 2 heterocycles. The van der Waals surface area contributed by atoms with Gasteiger partial charge in [-0.25, -0.2) is 0 Å². The van der Waals surface area contributed by atoms with Crippen LogP contribution in [0.4, 0.5) is 0 Å². The van der Waals surface area contributed by atoms with E-state index in [9.17, 15) is 0 Å². The molecule has 3 heteroatoms. The van der Waals surface area contributed by atoms with Crippen molar-refractivity contribution in [1.29, 1.82) is 0 Å². The lowest BCUT2D eigenvalue weighted by Crippen LogP contribution is -2.56. The van der Waals surface area contributed by atoms with Crippen molar-refractivity contribution in [3.05, 3.63) is 35.9 Å². The summed E-state index contributed by atoms with van der Waals surface area (Å²) in [7, 11) is 0. The molecule has 2 N–H and O–H groups in total. The van der Waals surface area contributed by atoms with Crippen molar-refractivity contribution in [2.75, 3.05) is 24.6 Å². The van der Waals surface area contributed by atoms with Crippen LogP contribution in [0.5, 0.6) is 0 Å². The van der Waals surface area contributed by atoms with Gasteiger partial charge in [0.15, 0.2) is 0 Å². The first-order valence-corrected chi connectivity index (χ1v) is 7.58. The van der Waals surface area contributed by atoms with Crippen molar-refractivity contribution in [2.45, 2.75) is 12.6 Å². The predicted octanol–water partition coefficient (Wildman–Crippen LogP) is 1.81. The van der Waals surface area contributed by atoms with Gasteiger partial charge in [-0.3, -0.25) is 4.90 Å². The molecular weight excluding hydrogens is 228 g/mol. The van der Waals surface area contributed by atoms with E-state index in [0.717, 1.165) is 6.54 Å². The quantitative estimate of drug-likeness (QED) is 0.865. The van der Waals surface area contributed by atoms with Crippen LogP contribution in [0.15, 0.2) is 30.3 Å². The van der Waals surface area contributed by atoms with Gasteiger partial charge in [-0.1, -0.05) is 30.3 Å². The van der Waals surface area contributed by atoms with Crippen molar-refractivity contribution < 1.29 is 0 Å². The number of rotatable bonds is 2. The van der Waals surface area contributed by atoms with Crippen molar-refractivity contribution in [1.82, 2.24) is 4.90 Å². The molecule has 0 saturated carbocycles. The Morgan fingerprint density at radius 3 is 2.41 bits per heavy atom. The lowest BCUT2D eigenvalue weighted by molar-refractivity contribution is 0.112. The number of nitrogens with zero attached hydrogens (tertiary/aromatic N) is 1. The summed E-state index contributed by atoms with van der Waals surface area (Å²) in [5.74, 6) is 3.92. The second-order valence-electron chi connectivity index (χ2n) is 5.31. The van der Waals surface area contributed by atoms with E-state index < -0.39 is 0 Å². The summed E-state index contributed by atoms with van der Waals surface area (Å²) < 4.78 is 0. The minimum atomic E-state index is 0.447. The molecule has 2 fully saturated rings. The highest BCUT2D eigenvalue weighted by molar-refractivity contribution is 7.99. The van der Waals surface area contributed by atoms with Gasteiger partial charge in [0.05, 0.1) is 0 Å². The van der Waals surface area contributed by atoms with Gasteiger partial charge in [0, 0.05) is 25.7 Å². The summed E-state index contributed by atoms with van der Waals surface area (Å²) in [6, 6.07) is 11.2. The van der Waals surface area contributed by atoms with Crippen molar-refractivity contribution in [3.8, 4) is 0 Å². The van der Waals surface area contributed by atoms with Gasteiger partial charge >= 0.3 is 0 Å². The monoisotopic (exact) mass is 248 g/mol. The van der Waals surface area contributed by atoms with E-state index in [1.165, 1.54) is 30.2 Å². The molecule has 2 aliphatic rings. The lowest BCUT2D eigenvalue weighted by atomic mass is 9.85. The molecule has 1 unspecified atom stereocenters. The van der Waals surface area contributed by atoms with E-state index in [1.807, 2.05) is 0 Å². The SMILES string of the molecule is NC1[C@@H]2CSC[C@H]1CN(Cc1ccccc1)C2. The molecule has 2 nitrogen and oxygen atoms in total. The number of piperidine rings is 1. The third-order valence-corrected chi connectivity index (χ3v) is 5.31. The molecule has 1 aromatic carbocycles. The fourth-order valence-corrected chi connectivity index (χ4v) is 4.43. The molecule has 3 atom stereocenters. The molecule has 0 aliphatic carbocycles. The van der Waals surface area contributed by atoms with E-state index >= 15 is 0 Å². The number of fused-ring (bicyclic) bond motifs is 2. The maximum Gasteiger partial charge on any atom is 0.0234 e. The first kappa shape index (κ1) is 11.6. The van der Waals surface area contributed by atoms with E-state index in [1.54, 1.807) is 0 Å². The van der Waals surface area contributed by atoms with Crippen LogP contribution in [0, 0.1) is 11.8 Å². The highest BCUT2D eigenvalue weighted by Gasteiger charge is 2.37. The molecule has 17 heavy (non-hydrogen) atoms. The molecule has 92 valence electrons. The van der Waals surface area contributed by atoms with Gasteiger partial charge < -0.3 is 5.73 Å². The number of likely N-dealkylation sites (tertiary alicyclic amines) is 1. The van der Waals surface area contributed by atoms with Crippen molar-refractivity contribution in [3.63, 3.8) is 0 Å². The molecule has 0 radical (unpaired) electrons. The van der Waals surface area contributed by atoms with E-state index in [-0.39, 0.29) is 0 Å². The second kappa shape index (κ2) is 5.01. The molecule has 0 aromatic heterocycles. The largest absolute Gasteiger partial charge is 0.327 e. The Labute approximate surface area is 108 Å². The molecular formula is C14H20N2S. The highest BCUT2D eigenvalue weighted by Crippen LogP contribution is 2.32. The van der Waals surface area contributed by atoms with Crippen LogP contribution in [-0.2, 0) is 6.54 Å². The Morgan fingerprint density at radius 2 is 1.76 bits per heavy atom. The van der Waals surface area contributed by atoms with E-state index in [2.05, 4.69) is 47.0 Å². The van der Waals surface area contributed by atoms with Gasteiger partial charge in [0.25, 0.3) is 0 Å². The number of hydrogen-bond donors (Lipinski definition) is 1.